The highest BCUT2D eigenvalue weighted by molar-refractivity contribution is 6.18. The number of aromatic nitrogens is 2. The van der Waals surface area contributed by atoms with Crippen molar-refractivity contribution in [2.45, 2.75) is 13.1 Å². The van der Waals surface area contributed by atoms with Crippen molar-refractivity contribution in [3.63, 3.8) is 0 Å². The number of alkyl halides is 2. The zero-order valence-electron chi connectivity index (χ0n) is 17.0. The fraction of sp³-hybridized carbons (Fsp3) is 0.304. The summed E-state index contributed by atoms with van der Waals surface area (Å²) in [4.78, 5) is 17.4. The van der Waals surface area contributed by atoms with Gasteiger partial charge in [0.1, 0.15) is 12.1 Å². The molecule has 0 fully saturated rings. The van der Waals surface area contributed by atoms with Crippen LogP contribution in [0.4, 0.5) is 5.69 Å². The smallest absolute Gasteiger partial charge is 0.142 e. The number of imidazole rings is 1. The van der Waals surface area contributed by atoms with E-state index in [0.29, 0.717) is 18.3 Å². The molecular formula is C23H26Cl2N4O. The highest BCUT2D eigenvalue weighted by Gasteiger charge is 2.11. The van der Waals surface area contributed by atoms with E-state index >= 15 is 0 Å². The number of aryl methyl sites for hydroxylation is 1. The Labute approximate surface area is 187 Å². The Morgan fingerprint density at radius 2 is 1.80 bits per heavy atom. The molecule has 0 bridgehead atoms. The molecule has 0 aliphatic rings. The lowest BCUT2D eigenvalue weighted by Gasteiger charge is -2.22. The molecule has 1 aromatic heterocycles. The van der Waals surface area contributed by atoms with Crippen LogP contribution >= 0.6 is 23.2 Å². The molecule has 1 N–H and O–H groups in total. The van der Waals surface area contributed by atoms with Gasteiger partial charge >= 0.3 is 0 Å². The second-order valence-electron chi connectivity index (χ2n) is 6.97. The molecule has 7 heteroatoms. The first-order chi connectivity index (χ1) is 14.7. The van der Waals surface area contributed by atoms with Gasteiger partial charge < -0.3 is 14.8 Å². The van der Waals surface area contributed by atoms with Crippen LogP contribution in [0.25, 0.3) is 17.1 Å². The number of aldehydes is 1. The third kappa shape index (κ3) is 5.63. The fourth-order valence-corrected chi connectivity index (χ4v) is 3.79. The van der Waals surface area contributed by atoms with Gasteiger partial charge in [-0.05, 0) is 35.4 Å². The van der Waals surface area contributed by atoms with E-state index < -0.39 is 0 Å². The lowest BCUT2D eigenvalue weighted by Crippen LogP contribution is -2.27. The summed E-state index contributed by atoms with van der Waals surface area (Å²) >= 11 is 11.9. The summed E-state index contributed by atoms with van der Waals surface area (Å²) in [6.07, 6.45) is 4.07. The molecule has 0 radical (unpaired) electrons. The maximum absolute atomic E-state index is 10.4. The first-order valence-electron chi connectivity index (χ1n) is 9.90. The average Bonchev–Trinajstić information content (AvgIpc) is 3.08. The first kappa shape index (κ1) is 22.3. The standard InChI is InChI=1S/C23H26Cl2N4O/c1-28-22-9-8-20(29(12-10-24)13-11-25)15-21(22)27-23(28)17-26-16-19-6-4-18(5-7-19)3-2-14-30/h2-9,14-15,26H,10-13,16-17H2,1H3/b3-2+. The third-order valence-corrected chi connectivity index (χ3v) is 5.33. The molecule has 3 aromatic rings. The van der Waals surface area contributed by atoms with Gasteiger partial charge in [-0.15, -0.1) is 23.2 Å². The normalized spacial score (nSPS) is 11.4. The van der Waals surface area contributed by atoms with Gasteiger partial charge in [-0.2, -0.15) is 0 Å². The van der Waals surface area contributed by atoms with Crippen LogP contribution in [0.3, 0.4) is 0 Å². The molecule has 0 atom stereocenters. The highest BCUT2D eigenvalue weighted by atomic mass is 35.5. The number of hydrogen-bond acceptors (Lipinski definition) is 4. The van der Waals surface area contributed by atoms with Crippen molar-refractivity contribution in [2.75, 3.05) is 29.7 Å². The quantitative estimate of drug-likeness (QED) is 0.271. The van der Waals surface area contributed by atoms with Gasteiger partial charge in [-0.1, -0.05) is 30.3 Å². The van der Waals surface area contributed by atoms with Crippen molar-refractivity contribution in [1.29, 1.82) is 0 Å². The number of hydrogen-bond donors (Lipinski definition) is 1. The Kier molecular flexibility index (Phi) is 8.31. The largest absolute Gasteiger partial charge is 0.369 e. The summed E-state index contributed by atoms with van der Waals surface area (Å²) in [5.74, 6) is 2.09. The molecule has 0 amide bonds. The van der Waals surface area contributed by atoms with Gasteiger partial charge in [0.25, 0.3) is 0 Å². The van der Waals surface area contributed by atoms with E-state index in [1.165, 1.54) is 11.6 Å². The summed E-state index contributed by atoms with van der Waals surface area (Å²) in [5.41, 5.74) is 5.34. The maximum Gasteiger partial charge on any atom is 0.142 e. The van der Waals surface area contributed by atoms with E-state index in [4.69, 9.17) is 28.2 Å². The van der Waals surface area contributed by atoms with E-state index in [2.05, 4.69) is 45.1 Å². The van der Waals surface area contributed by atoms with Crippen molar-refractivity contribution < 1.29 is 4.79 Å². The minimum absolute atomic E-state index is 0.556. The zero-order chi connectivity index (χ0) is 21.3. The lowest BCUT2D eigenvalue weighted by atomic mass is 10.1. The molecule has 0 aliphatic heterocycles. The number of benzene rings is 2. The summed E-state index contributed by atoms with van der Waals surface area (Å²) in [5, 5.41) is 3.46. The molecule has 30 heavy (non-hydrogen) atoms. The molecule has 158 valence electrons. The van der Waals surface area contributed by atoms with Crippen LogP contribution < -0.4 is 10.2 Å². The number of carbonyl (C=O) groups is 1. The Hall–Kier alpha value is -2.34. The molecular weight excluding hydrogens is 419 g/mol. The van der Waals surface area contributed by atoms with Crippen LogP contribution in [0.5, 0.6) is 0 Å². The average molecular weight is 445 g/mol. The number of fused-ring (bicyclic) bond motifs is 1. The number of carbonyl (C=O) groups excluding carboxylic acids is 1. The van der Waals surface area contributed by atoms with Crippen LogP contribution in [-0.4, -0.2) is 40.7 Å². The number of nitrogens with one attached hydrogen (secondary N) is 1. The topological polar surface area (TPSA) is 50.2 Å². The number of allylic oxidation sites excluding steroid dienone is 1. The molecule has 2 aromatic carbocycles. The fourth-order valence-electron chi connectivity index (χ4n) is 3.38. The Bertz CT molecular complexity index is 992. The predicted molar refractivity (Wildman–Crippen MR) is 126 cm³/mol. The van der Waals surface area contributed by atoms with E-state index in [0.717, 1.165) is 54.0 Å². The number of halogens is 2. The zero-order valence-corrected chi connectivity index (χ0v) is 18.5. The summed E-state index contributed by atoms with van der Waals surface area (Å²) in [6, 6.07) is 14.4. The van der Waals surface area contributed by atoms with Gasteiger partial charge in [0.2, 0.25) is 0 Å². The van der Waals surface area contributed by atoms with Crippen LogP contribution in [0.1, 0.15) is 17.0 Å². The van der Waals surface area contributed by atoms with E-state index in [1.807, 2.05) is 19.2 Å². The minimum Gasteiger partial charge on any atom is -0.369 e. The lowest BCUT2D eigenvalue weighted by molar-refractivity contribution is -0.104. The van der Waals surface area contributed by atoms with Crippen LogP contribution in [0.15, 0.2) is 48.5 Å². The van der Waals surface area contributed by atoms with Gasteiger partial charge in [-0.3, -0.25) is 4.79 Å². The van der Waals surface area contributed by atoms with Gasteiger partial charge in [0.05, 0.1) is 17.6 Å². The van der Waals surface area contributed by atoms with E-state index in [1.54, 1.807) is 6.08 Å². The SMILES string of the molecule is Cn1c(CNCc2ccc(/C=C/C=O)cc2)nc2cc(N(CCCl)CCCl)ccc21. The second kappa shape index (κ2) is 11.2. The first-order valence-corrected chi connectivity index (χ1v) is 11.0. The predicted octanol–water partition coefficient (Wildman–Crippen LogP) is 4.36. The van der Waals surface area contributed by atoms with E-state index in [-0.39, 0.29) is 0 Å². The Morgan fingerprint density at radius 3 is 2.47 bits per heavy atom. The van der Waals surface area contributed by atoms with Gasteiger partial charge in [0.15, 0.2) is 0 Å². The van der Waals surface area contributed by atoms with Crippen LogP contribution in [0, 0.1) is 0 Å². The molecule has 5 nitrogen and oxygen atoms in total. The molecule has 0 unspecified atom stereocenters. The van der Waals surface area contributed by atoms with Gasteiger partial charge in [-0.25, -0.2) is 4.98 Å². The van der Waals surface area contributed by atoms with E-state index in [9.17, 15) is 4.79 Å². The number of nitrogens with zero attached hydrogens (tertiary/aromatic N) is 3. The number of anilines is 1. The van der Waals surface area contributed by atoms with Crippen molar-refractivity contribution in [3.05, 3.63) is 65.5 Å². The monoisotopic (exact) mass is 444 g/mol. The number of rotatable bonds is 11. The summed E-state index contributed by atoms with van der Waals surface area (Å²) in [7, 11) is 2.04. The molecule has 0 saturated carbocycles. The highest BCUT2D eigenvalue weighted by Crippen LogP contribution is 2.23. The summed E-state index contributed by atoms with van der Waals surface area (Å²) < 4.78 is 2.12. The molecule has 1 heterocycles. The van der Waals surface area contributed by atoms with Crippen LogP contribution in [-0.2, 0) is 24.9 Å². The minimum atomic E-state index is 0.556. The molecule has 0 spiro atoms. The Balaban J connectivity index is 1.66. The van der Waals surface area contributed by atoms with Crippen molar-refractivity contribution in [2.24, 2.45) is 7.05 Å². The van der Waals surface area contributed by atoms with Gasteiger partial charge in [0, 0.05) is 44.1 Å². The molecule has 0 saturated heterocycles. The van der Waals surface area contributed by atoms with Crippen molar-refractivity contribution in [1.82, 2.24) is 14.9 Å². The third-order valence-electron chi connectivity index (χ3n) is 4.99. The van der Waals surface area contributed by atoms with Crippen molar-refractivity contribution >= 4 is 52.3 Å². The molecule has 0 aliphatic carbocycles. The Morgan fingerprint density at radius 1 is 1.07 bits per heavy atom. The second-order valence-corrected chi connectivity index (χ2v) is 7.72. The molecule has 3 rings (SSSR count). The maximum atomic E-state index is 10.4. The van der Waals surface area contributed by atoms with Crippen molar-refractivity contribution in [3.8, 4) is 0 Å². The summed E-state index contributed by atoms with van der Waals surface area (Å²) in [6.45, 7) is 2.92. The van der Waals surface area contributed by atoms with Crippen LogP contribution in [0.2, 0.25) is 0 Å².